The maximum Gasteiger partial charge on any atom is 0.257 e. The van der Waals surface area contributed by atoms with Gasteiger partial charge in [-0.2, -0.15) is 0 Å². The van der Waals surface area contributed by atoms with Crippen molar-refractivity contribution in [2.75, 3.05) is 19.6 Å². The number of amides is 2. The molecule has 1 aromatic rings. The highest BCUT2D eigenvalue weighted by Crippen LogP contribution is 2.24. The summed E-state index contributed by atoms with van der Waals surface area (Å²) >= 11 is 0. The number of carbonyl (C=O) groups is 2. The molecule has 0 atom stereocenters. The monoisotopic (exact) mass is 304 g/mol. The summed E-state index contributed by atoms with van der Waals surface area (Å²) in [5.41, 5.74) is 1.25. The molecule has 0 unspecified atom stereocenters. The second-order valence-corrected chi connectivity index (χ2v) is 5.88. The lowest BCUT2D eigenvalue weighted by Gasteiger charge is -2.31. The van der Waals surface area contributed by atoms with Crippen molar-refractivity contribution in [2.24, 2.45) is 5.92 Å². The smallest absolute Gasteiger partial charge is 0.257 e. The van der Waals surface area contributed by atoms with Gasteiger partial charge in [-0.3, -0.25) is 9.59 Å². The van der Waals surface area contributed by atoms with Crippen LogP contribution in [0.1, 0.15) is 42.1 Å². The van der Waals surface area contributed by atoms with Crippen molar-refractivity contribution in [1.82, 2.24) is 10.2 Å². The van der Waals surface area contributed by atoms with Crippen LogP contribution in [0.15, 0.2) is 18.2 Å². The summed E-state index contributed by atoms with van der Waals surface area (Å²) in [6, 6.07) is 5.07. The van der Waals surface area contributed by atoms with Crippen LogP contribution in [-0.4, -0.2) is 41.5 Å². The Bertz CT molecular complexity index is 549. The van der Waals surface area contributed by atoms with E-state index in [0.29, 0.717) is 38.0 Å². The third-order valence-electron chi connectivity index (χ3n) is 4.09. The molecule has 1 aromatic carbocycles. The third kappa shape index (κ3) is 3.78. The summed E-state index contributed by atoms with van der Waals surface area (Å²) in [7, 11) is 0. The molecular weight excluding hydrogens is 280 g/mol. The first kappa shape index (κ1) is 16.3. The van der Waals surface area contributed by atoms with Crippen molar-refractivity contribution in [3.05, 3.63) is 29.3 Å². The van der Waals surface area contributed by atoms with Crippen molar-refractivity contribution in [3.8, 4) is 5.75 Å². The molecule has 2 rings (SSSR count). The Morgan fingerprint density at radius 1 is 1.32 bits per heavy atom. The molecule has 1 fully saturated rings. The molecule has 0 bridgehead atoms. The van der Waals surface area contributed by atoms with E-state index in [1.807, 2.05) is 19.9 Å². The summed E-state index contributed by atoms with van der Waals surface area (Å²) in [6.07, 6.45) is 2.28. The highest BCUT2D eigenvalue weighted by Gasteiger charge is 2.28. The van der Waals surface area contributed by atoms with E-state index < -0.39 is 0 Å². The number of phenols is 1. The Hall–Kier alpha value is -2.04. The number of nitrogens with one attached hydrogen (secondary N) is 1. The van der Waals surface area contributed by atoms with E-state index in [1.54, 1.807) is 17.0 Å². The Morgan fingerprint density at radius 2 is 2.00 bits per heavy atom. The number of rotatable bonds is 4. The Balaban J connectivity index is 1.93. The number of benzene rings is 1. The molecule has 0 spiro atoms. The van der Waals surface area contributed by atoms with Gasteiger partial charge >= 0.3 is 0 Å². The zero-order chi connectivity index (χ0) is 16.1. The van der Waals surface area contributed by atoms with Crippen LogP contribution >= 0.6 is 0 Å². The molecule has 1 heterocycles. The molecule has 5 nitrogen and oxygen atoms in total. The summed E-state index contributed by atoms with van der Waals surface area (Å²) < 4.78 is 0. The average molecular weight is 304 g/mol. The number of likely N-dealkylation sites (tertiary alicyclic amines) is 1. The number of nitrogens with zero attached hydrogens (tertiary/aromatic N) is 1. The van der Waals surface area contributed by atoms with Crippen molar-refractivity contribution >= 4 is 11.8 Å². The van der Waals surface area contributed by atoms with Crippen molar-refractivity contribution in [3.63, 3.8) is 0 Å². The summed E-state index contributed by atoms with van der Waals surface area (Å²) in [6.45, 7) is 5.70. The predicted molar refractivity (Wildman–Crippen MR) is 84.8 cm³/mol. The maximum absolute atomic E-state index is 12.4. The minimum atomic E-state index is -0.162. The van der Waals surface area contributed by atoms with Crippen LogP contribution in [0, 0.1) is 12.8 Å². The van der Waals surface area contributed by atoms with Gasteiger partial charge in [-0.25, -0.2) is 0 Å². The van der Waals surface area contributed by atoms with Gasteiger partial charge in [0.15, 0.2) is 0 Å². The van der Waals surface area contributed by atoms with E-state index in [9.17, 15) is 14.7 Å². The first-order valence-electron chi connectivity index (χ1n) is 7.89. The molecule has 120 valence electrons. The van der Waals surface area contributed by atoms with Gasteiger partial charge < -0.3 is 15.3 Å². The molecule has 0 aromatic heterocycles. The van der Waals surface area contributed by atoms with Gasteiger partial charge in [0, 0.05) is 25.6 Å². The average Bonchev–Trinajstić information content (AvgIpc) is 2.52. The first-order chi connectivity index (χ1) is 10.5. The molecule has 1 aliphatic rings. The SMILES string of the molecule is CCCNC(=O)C1CCN(C(=O)c2ccc(C)cc2O)CC1. The van der Waals surface area contributed by atoms with Crippen LogP contribution in [-0.2, 0) is 4.79 Å². The Labute approximate surface area is 131 Å². The first-order valence-corrected chi connectivity index (χ1v) is 7.89. The van der Waals surface area contributed by atoms with Gasteiger partial charge in [0.05, 0.1) is 5.56 Å². The Morgan fingerprint density at radius 3 is 2.59 bits per heavy atom. The van der Waals surface area contributed by atoms with Crippen LogP contribution in [0.2, 0.25) is 0 Å². The summed E-state index contributed by atoms with van der Waals surface area (Å²) in [5.74, 6) is -0.0629. The standard InChI is InChI=1S/C17H24N2O3/c1-3-8-18-16(21)13-6-9-19(10-7-13)17(22)14-5-4-12(2)11-15(14)20/h4-5,11,13,20H,3,6-10H2,1-2H3,(H,18,21). The zero-order valence-electron chi connectivity index (χ0n) is 13.3. The van der Waals surface area contributed by atoms with Gasteiger partial charge in [-0.05, 0) is 43.9 Å². The molecule has 1 aliphatic heterocycles. The van der Waals surface area contributed by atoms with Gasteiger partial charge in [-0.1, -0.05) is 13.0 Å². The highest BCUT2D eigenvalue weighted by atomic mass is 16.3. The number of piperidine rings is 1. The largest absolute Gasteiger partial charge is 0.507 e. The quantitative estimate of drug-likeness (QED) is 0.895. The van der Waals surface area contributed by atoms with Crippen molar-refractivity contribution in [1.29, 1.82) is 0 Å². The summed E-state index contributed by atoms with van der Waals surface area (Å²) in [4.78, 5) is 26.1. The molecule has 22 heavy (non-hydrogen) atoms. The molecule has 1 saturated heterocycles. The van der Waals surface area contributed by atoms with Crippen molar-refractivity contribution < 1.29 is 14.7 Å². The fourth-order valence-corrected chi connectivity index (χ4v) is 2.73. The summed E-state index contributed by atoms with van der Waals surface area (Å²) in [5, 5.41) is 12.8. The van der Waals surface area contributed by atoms with Crippen LogP contribution in [0.4, 0.5) is 0 Å². The molecule has 5 heteroatoms. The minimum absolute atomic E-state index is 0.0118. The van der Waals surface area contributed by atoms with E-state index in [2.05, 4.69) is 5.32 Å². The van der Waals surface area contributed by atoms with Crippen LogP contribution in [0.25, 0.3) is 0 Å². The highest BCUT2D eigenvalue weighted by molar-refractivity contribution is 5.97. The maximum atomic E-state index is 12.4. The molecule has 0 aliphatic carbocycles. The fourth-order valence-electron chi connectivity index (χ4n) is 2.73. The lowest BCUT2D eigenvalue weighted by molar-refractivity contribution is -0.126. The minimum Gasteiger partial charge on any atom is -0.507 e. The second-order valence-electron chi connectivity index (χ2n) is 5.88. The van der Waals surface area contributed by atoms with Gasteiger partial charge in [0.1, 0.15) is 5.75 Å². The second kappa shape index (κ2) is 7.29. The number of aryl methyl sites for hydroxylation is 1. The third-order valence-corrected chi connectivity index (χ3v) is 4.09. The topological polar surface area (TPSA) is 69.6 Å². The van der Waals surface area contributed by atoms with E-state index in [-0.39, 0.29) is 23.5 Å². The van der Waals surface area contributed by atoms with E-state index in [4.69, 9.17) is 0 Å². The lowest BCUT2D eigenvalue weighted by atomic mass is 9.95. The van der Waals surface area contributed by atoms with Gasteiger partial charge in [-0.15, -0.1) is 0 Å². The molecule has 2 N–H and O–H groups in total. The Kier molecular flexibility index (Phi) is 5.41. The van der Waals surface area contributed by atoms with E-state index in [1.165, 1.54) is 0 Å². The molecule has 0 radical (unpaired) electrons. The van der Waals surface area contributed by atoms with Gasteiger partial charge in [0.25, 0.3) is 5.91 Å². The number of carbonyl (C=O) groups excluding carboxylic acids is 2. The molecule has 2 amide bonds. The zero-order valence-corrected chi connectivity index (χ0v) is 13.3. The van der Waals surface area contributed by atoms with Crippen LogP contribution in [0.5, 0.6) is 5.75 Å². The van der Waals surface area contributed by atoms with E-state index in [0.717, 1.165) is 12.0 Å². The number of aromatic hydroxyl groups is 1. The fraction of sp³-hybridized carbons (Fsp3) is 0.529. The lowest BCUT2D eigenvalue weighted by Crippen LogP contribution is -2.43. The number of hydrogen-bond donors (Lipinski definition) is 2. The van der Waals surface area contributed by atoms with E-state index >= 15 is 0 Å². The molecular formula is C17H24N2O3. The number of hydrogen-bond acceptors (Lipinski definition) is 3. The normalized spacial score (nSPS) is 15.6. The predicted octanol–water partition coefficient (Wildman–Crippen LogP) is 2.08. The van der Waals surface area contributed by atoms with Gasteiger partial charge in [0.2, 0.25) is 5.91 Å². The van der Waals surface area contributed by atoms with Crippen LogP contribution in [0.3, 0.4) is 0 Å². The van der Waals surface area contributed by atoms with Crippen LogP contribution < -0.4 is 5.32 Å². The van der Waals surface area contributed by atoms with Crippen molar-refractivity contribution in [2.45, 2.75) is 33.1 Å². The molecule has 0 saturated carbocycles. The number of phenolic OH excluding ortho intramolecular Hbond substituents is 1.